The van der Waals surface area contributed by atoms with Crippen LogP contribution in [-0.2, 0) is 37.9 Å². The fourth-order valence-electron chi connectivity index (χ4n) is 10.7. The molecule has 486 valence electrons. The van der Waals surface area contributed by atoms with E-state index < -0.39 is 0 Å². The summed E-state index contributed by atoms with van der Waals surface area (Å²) in [6.07, 6.45) is 9.56. The van der Waals surface area contributed by atoms with E-state index in [1.54, 1.807) is 6.33 Å². The van der Waals surface area contributed by atoms with Crippen molar-refractivity contribution in [2.24, 2.45) is 0 Å². The zero-order valence-corrected chi connectivity index (χ0v) is 59.5. The molecule has 0 saturated carbocycles. The number of imidazole rings is 1. The van der Waals surface area contributed by atoms with Gasteiger partial charge in [0.05, 0.1) is 28.4 Å². The third-order valence-electron chi connectivity index (χ3n) is 16.6. The van der Waals surface area contributed by atoms with Crippen LogP contribution in [0, 0.1) is 0 Å². The van der Waals surface area contributed by atoms with Crippen LogP contribution >= 0.6 is 0 Å². The summed E-state index contributed by atoms with van der Waals surface area (Å²) in [7, 11) is 0. The van der Waals surface area contributed by atoms with Gasteiger partial charge >= 0.3 is 0 Å². The number of benzene rings is 7. The molecular formula is C84H103N7O2. The first-order valence-electron chi connectivity index (χ1n) is 32.8. The number of aromatic amines is 4. The van der Waals surface area contributed by atoms with Crippen LogP contribution in [0.3, 0.4) is 0 Å². The van der Waals surface area contributed by atoms with Crippen molar-refractivity contribution in [2.75, 3.05) is 6.79 Å². The number of fused-ring (bicyclic) bond motifs is 7. The van der Waals surface area contributed by atoms with Gasteiger partial charge in [-0.3, -0.25) is 9.97 Å². The molecule has 6 aromatic heterocycles. The van der Waals surface area contributed by atoms with Crippen LogP contribution in [0.25, 0.3) is 65.5 Å². The van der Waals surface area contributed by atoms with Gasteiger partial charge < -0.3 is 29.4 Å². The zero-order chi connectivity index (χ0) is 67.7. The van der Waals surface area contributed by atoms with E-state index in [2.05, 4.69) is 332 Å². The molecule has 9 nitrogen and oxygen atoms in total. The lowest BCUT2D eigenvalue weighted by Gasteiger charge is -2.20. The molecule has 0 aliphatic carbocycles. The smallest absolute Gasteiger partial charge is 0.231 e. The van der Waals surface area contributed by atoms with Gasteiger partial charge in [0.1, 0.15) is 0 Å². The highest BCUT2D eigenvalue weighted by atomic mass is 16.7. The van der Waals surface area contributed by atoms with Crippen molar-refractivity contribution >= 4 is 65.5 Å². The maximum atomic E-state index is 5.31. The Morgan fingerprint density at radius 1 is 0.323 bits per heavy atom. The Kier molecular flexibility index (Phi) is 21.4. The number of pyridine rings is 2. The van der Waals surface area contributed by atoms with E-state index in [1.165, 1.54) is 76.9 Å². The quantitative estimate of drug-likeness (QED) is 0.121. The molecule has 0 amide bonds. The Hall–Kier alpha value is -8.95. The van der Waals surface area contributed by atoms with Gasteiger partial charge in [0.15, 0.2) is 11.5 Å². The number of hydrogen-bond acceptors (Lipinski definition) is 5. The largest absolute Gasteiger partial charge is 0.454 e. The number of rotatable bonds is 0. The second-order valence-electron chi connectivity index (χ2n) is 31.5. The molecule has 0 bridgehead atoms. The van der Waals surface area contributed by atoms with Crippen molar-refractivity contribution in [1.82, 2.24) is 34.9 Å². The predicted octanol–water partition coefficient (Wildman–Crippen LogP) is 23.0. The molecule has 0 spiro atoms. The van der Waals surface area contributed by atoms with E-state index >= 15 is 0 Å². The van der Waals surface area contributed by atoms with Crippen LogP contribution in [-0.4, -0.2) is 41.7 Å². The molecule has 0 atom stereocenters. The predicted molar refractivity (Wildman–Crippen MR) is 398 cm³/mol. The number of nitrogens with zero attached hydrogens (tertiary/aromatic N) is 3. The van der Waals surface area contributed by atoms with E-state index in [0.29, 0.717) is 6.79 Å². The SMILES string of the molecule is CC(C)(C)c1ccc2[nH]ccc2c1.CC(C)(C)c1ccc2c(c1)OCO2.CC(C)(C)c1ccc2cc[nH]c2c1.CC(C)(C)c1ccc2ccccc2n1.CC(C)(C)c1ccc2nc[nH]c2c1.CC(C)(C)c1cccc2[nH]ccc12.CC(C)(C)c1cccc2cccnc12. The van der Waals surface area contributed by atoms with Crippen molar-refractivity contribution in [3.05, 3.63) is 246 Å². The molecule has 0 fully saturated rings. The summed E-state index contributed by atoms with van der Waals surface area (Å²) in [6, 6.07) is 61.4. The number of H-pyrrole nitrogens is 4. The fourth-order valence-corrected chi connectivity index (χ4v) is 10.7. The summed E-state index contributed by atoms with van der Waals surface area (Å²) in [5, 5.41) is 6.36. The normalized spacial score (nSPS) is 12.5. The second-order valence-corrected chi connectivity index (χ2v) is 31.5. The molecule has 9 heteroatoms. The maximum absolute atomic E-state index is 5.31. The topological polar surface area (TPSA) is 120 Å². The molecule has 13 aromatic rings. The van der Waals surface area contributed by atoms with Crippen LogP contribution in [0.1, 0.15) is 184 Å². The first-order chi connectivity index (χ1) is 43.5. The Morgan fingerprint density at radius 2 is 0.849 bits per heavy atom. The van der Waals surface area contributed by atoms with E-state index in [1.807, 2.05) is 49.1 Å². The van der Waals surface area contributed by atoms with Gasteiger partial charge in [-0.05, 0) is 162 Å². The monoisotopic (exact) mass is 1240 g/mol. The summed E-state index contributed by atoms with van der Waals surface area (Å²) in [5.74, 6) is 1.72. The standard InChI is InChI=1S/2C13H15N.3C12H15N.C11H14N2.C11H14O2/c1-13(2,3)11-8-4-6-10-7-5-9-14-12(10)11;1-13(2,3)12-9-8-10-6-4-5-7-11(10)14-12;1-12(2,3)10-4-5-11-9(8-10)6-7-13-11;1-12(2,3)10-5-4-9-6-7-13-11(9)8-10;1-12(2,3)10-5-4-6-11-9(10)7-8-13-11;2*1-11(2,3)8-4-5-9-10(6-8)13-7-12-9/h2*4-9H,1-3H3;3*4-8,13H,1-3H3;4-7H,1-3H3,(H,12,13);4-6H,7H2,1-3H3. The van der Waals surface area contributed by atoms with Crippen LogP contribution in [0.5, 0.6) is 11.5 Å². The van der Waals surface area contributed by atoms with Gasteiger partial charge in [-0.15, -0.1) is 0 Å². The van der Waals surface area contributed by atoms with Crippen molar-refractivity contribution in [1.29, 1.82) is 0 Å². The molecule has 1 aliphatic rings. The first kappa shape index (κ1) is 69.9. The van der Waals surface area contributed by atoms with Gasteiger partial charge in [0.25, 0.3) is 0 Å². The lowest BCUT2D eigenvalue weighted by Crippen LogP contribution is -2.13. The molecule has 0 radical (unpaired) electrons. The lowest BCUT2D eigenvalue weighted by molar-refractivity contribution is 0.174. The van der Waals surface area contributed by atoms with E-state index in [4.69, 9.17) is 9.47 Å². The maximum Gasteiger partial charge on any atom is 0.231 e. The van der Waals surface area contributed by atoms with Gasteiger partial charge in [0.2, 0.25) is 6.79 Å². The zero-order valence-electron chi connectivity index (χ0n) is 59.5. The van der Waals surface area contributed by atoms with Crippen LogP contribution in [0.4, 0.5) is 0 Å². The number of para-hydroxylation sites is 2. The Labute approximate surface area is 554 Å². The third-order valence-corrected chi connectivity index (χ3v) is 16.6. The highest BCUT2D eigenvalue weighted by Gasteiger charge is 2.22. The fraction of sp³-hybridized carbons (Fsp3) is 0.345. The molecule has 93 heavy (non-hydrogen) atoms. The van der Waals surface area contributed by atoms with E-state index in [9.17, 15) is 0 Å². The Balaban J connectivity index is 0.000000139. The minimum absolute atomic E-state index is 0.129. The van der Waals surface area contributed by atoms with Gasteiger partial charge in [-0.25, -0.2) is 4.98 Å². The molecule has 4 N–H and O–H groups in total. The number of hydrogen-bond donors (Lipinski definition) is 4. The summed E-state index contributed by atoms with van der Waals surface area (Å²) in [5.41, 5.74) is 18.7. The summed E-state index contributed by atoms with van der Waals surface area (Å²) in [6.45, 7) is 46.9. The lowest BCUT2D eigenvalue weighted by atomic mass is 9.85. The third kappa shape index (κ3) is 18.9. The van der Waals surface area contributed by atoms with Crippen molar-refractivity contribution < 1.29 is 9.47 Å². The molecule has 7 aromatic carbocycles. The first-order valence-corrected chi connectivity index (χ1v) is 32.8. The molecular weight excluding hydrogens is 1140 g/mol. The van der Waals surface area contributed by atoms with Crippen molar-refractivity contribution in [2.45, 2.75) is 183 Å². The van der Waals surface area contributed by atoms with Crippen LogP contribution in [0.2, 0.25) is 0 Å². The number of nitrogens with one attached hydrogen (secondary N) is 4. The van der Waals surface area contributed by atoms with E-state index in [0.717, 1.165) is 39.3 Å². The summed E-state index contributed by atoms with van der Waals surface area (Å²) in [4.78, 5) is 26.1. The molecule has 0 unspecified atom stereocenters. The average molecular weight is 1240 g/mol. The molecule has 7 heterocycles. The van der Waals surface area contributed by atoms with Gasteiger partial charge in [0, 0.05) is 68.6 Å². The second kappa shape index (κ2) is 28.5. The molecule has 1 aliphatic heterocycles. The molecule has 14 rings (SSSR count). The van der Waals surface area contributed by atoms with Crippen LogP contribution in [0.15, 0.2) is 207 Å². The summed E-state index contributed by atoms with van der Waals surface area (Å²) < 4.78 is 10.6. The number of ether oxygens (including phenoxy) is 2. The average Bonchev–Trinajstić information content (AvgIpc) is 1.95. The van der Waals surface area contributed by atoms with E-state index in [-0.39, 0.29) is 37.9 Å². The van der Waals surface area contributed by atoms with Crippen molar-refractivity contribution in [3.8, 4) is 11.5 Å². The minimum atomic E-state index is 0.129. The Morgan fingerprint density at radius 3 is 1.53 bits per heavy atom. The van der Waals surface area contributed by atoms with Gasteiger partial charge in [-0.1, -0.05) is 236 Å². The van der Waals surface area contributed by atoms with Gasteiger partial charge in [-0.2, -0.15) is 0 Å². The highest BCUT2D eigenvalue weighted by Crippen LogP contribution is 2.37. The summed E-state index contributed by atoms with van der Waals surface area (Å²) >= 11 is 0. The minimum Gasteiger partial charge on any atom is -0.454 e. The van der Waals surface area contributed by atoms with Crippen LogP contribution < -0.4 is 9.47 Å². The van der Waals surface area contributed by atoms with Crippen molar-refractivity contribution in [3.63, 3.8) is 0 Å². The highest BCUT2D eigenvalue weighted by molar-refractivity contribution is 5.85. The number of aromatic nitrogens is 7. The molecule has 0 saturated heterocycles. The Bertz CT molecular complexity index is 4330.